The Kier molecular flexibility index (Phi) is 3.42. The van der Waals surface area contributed by atoms with Gasteiger partial charge in [0.2, 0.25) is 0 Å². The third-order valence-electron chi connectivity index (χ3n) is 2.96. The van der Waals surface area contributed by atoms with Crippen LogP contribution < -0.4 is 0 Å². The zero-order chi connectivity index (χ0) is 13.1. The predicted molar refractivity (Wildman–Crippen MR) is 69.5 cm³/mol. The van der Waals surface area contributed by atoms with Crippen LogP contribution in [0.2, 0.25) is 0 Å². The topological polar surface area (TPSA) is 54.5 Å². The Balaban J connectivity index is 2.65. The quantitative estimate of drug-likeness (QED) is 0.829. The van der Waals surface area contributed by atoms with Gasteiger partial charge in [-0.05, 0) is 24.0 Å². The summed E-state index contributed by atoms with van der Waals surface area (Å²) in [7, 11) is 0. The molecule has 0 bridgehead atoms. The van der Waals surface area contributed by atoms with Crippen molar-refractivity contribution in [2.45, 2.75) is 33.1 Å². The largest absolute Gasteiger partial charge is 0.216 e. The van der Waals surface area contributed by atoms with Crippen molar-refractivity contribution >= 4 is 0 Å². The van der Waals surface area contributed by atoms with Gasteiger partial charge in [-0.25, -0.2) is 4.68 Å². The molecule has 1 aromatic heterocycles. The molecule has 2 aromatic rings. The van der Waals surface area contributed by atoms with E-state index in [9.17, 15) is 0 Å². The lowest BCUT2D eigenvalue weighted by molar-refractivity contribution is 0.710. The Labute approximate surface area is 107 Å². The predicted octanol–water partition coefficient (Wildman–Crippen LogP) is 2.82. The number of hydrogen-bond acceptors (Lipinski definition) is 3. The maximum absolute atomic E-state index is 9.09. The zero-order valence-electron chi connectivity index (χ0n) is 10.9. The molecule has 0 spiro atoms. The summed E-state index contributed by atoms with van der Waals surface area (Å²) in [5.74, 6) is 0.208. The summed E-state index contributed by atoms with van der Waals surface area (Å²) in [6, 6.07) is 10.2. The van der Waals surface area contributed by atoms with E-state index in [1.165, 1.54) is 5.56 Å². The minimum absolute atomic E-state index is 0.208. The smallest absolute Gasteiger partial charge is 0.186 e. The molecule has 4 nitrogen and oxygen atoms in total. The van der Waals surface area contributed by atoms with Crippen LogP contribution in [0, 0.1) is 11.3 Å². The van der Waals surface area contributed by atoms with Crippen LogP contribution in [0.4, 0.5) is 0 Å². The van der Waals surface area contributed by atoms with Crippen LogP contribution >= 0.6 is 0 Å². The molecule has 4 heteroatoms. The molecule has 0 amide bonds. The molecule has 0 saturated carbocycles. The molecular weight excluding hydrogens is 224 g/mol. The molecule has 1 aromatic carbocycles. The van der Waals surface area contributed by atoms with E-state index < -0.39 is 0 Å². The monoisotopic (exact) mass is 240 g/mol. The molecule has 0 aliphatic carbocycles. The number of nitriles is 1. The van der Waals surface area contributed by atoms with E-state index in [2.05, 4.69) is 29.4 Å². The SMILES string of the molecule is CCc1ccccc1-n1nnc(C#N)c1C(C)C. The van der Waals surface area contributed by atoms with Gasteiger partial charge in [0.25, 0.3) is 0 Å². The Hall–Kier alpha value is -2.15. The fourth-order valence-electron chi connectivity index (χ4n) is 2.08. The molecule has 2 rings (SSSR count). The highest BCUT2D eigenvalue weighted by molar-refractivity contribution is 5.43. The molecule has 0 N–H and O–H groups in total. The van der Waals surface area contributed by atoms with E-state index in [0.29, 0.717) is 5.69 Å². The molecule has 0 aliphatic rings. The molecule has 1 heterocycles. The van der Waals surface area contributed by atoms with Crippen molar-refractivity contribution < 1.29 is 0 Å². The van der Waals surface area contributed by atoms with Gasteiger partial charge in [0.15, 0.2) is 5.69 Å². The molecule has 0 atom stereocenters. The lowest BCUT2D eigenvalue weighted by Crippen LogP contribution is -2.07. The first kappa shape index (κ1) is 12.3. The molecule has 92 valence electrons. The number of para-hydroxylation sites is 1. The van der Waals surface area contributed by atoms with Crippen LogP contribution in [-0.2, 0) is 6.42 Å². The highest BCUT2D eigenvalue weighted by atomic mass is 15.4. The second-order valence-electron chi connectivity index (χ2n) is 4.48. The molecule has 0 radical (unpaired) electrons. The summed E-state index contributed by atoms with van der Waals surface area (Å²) in [6.45, 7) is 6.20. The lowest BCUT2D eigenvalue weighted by Gasteiger charge is -2.12. The number of benzene rings is 1. The van der Waals surface area contributed by atoms with Gasteiger partial charge in [-0.1, -0.05) is 44.2 Å². The Morgan fingerprint density at radius 1 is 1.33 bits per heavy atom. The van der Waals surface area contributed by atoms with Crippen LogP contribution in [-0.4, -0.2) is 15.0 Å². The summed E-state index contributed by atoms with van der Waals surface area (Å²) in [5.41, 5.74) is 3.50. The van der Waals surface area contributed by atoms with E-state index in [0.717, 1.165) is 17.8 Å². The van der Waals surface area contributed by atoms with Crippen LogP contribution in [0.15, 0.2) is 24.3 Å². The van der Waals surface area contributed by atoms with Crippen LogP contribution in [0.25, 0.3) is 5.69 Å². The van der Waals surface area contributed by atoms with Crippen molar-refractivity contribution in [1.82, 2.24) is 15.0 Å². The van der Waals surface area contributed by atoms with Crippen molar-refractivity contribution in [3.63, 3.8) is 0 Å². The minimum atomic E-state index is 0.208. The summed E-state index contributed by atoms with van der Waals surface area (Å²) >= 11 is 0. The summed E-state index contributed by atoms with van der Waals surface area (Å²) in [5, 5.41) is 17.2. The van der Waals surface area contributed by atoms with Crippen molar-refractivity contribution in [2.75, 3.05) is 0 Å². The van der Waals surface area contributed by atoms with Gasteiger partial charge in [-0.15, -0.1) is 5.10 Å². The minimum Gasteiger partial charge on any atom is -0.216 e. The third kappa shape index (κ3) is 2.00. The number of aromatic nitrogens is 3. The maximum atomic E-state index is 9.09. The summed E-state index contributed by atoms with van der Waals surface area (Å²) in [6.07, 6.45) is 0.926. The van der Waals surface area contributed by atoms with Gasteiger partial charge in [0, 0.05) is 0 Å². The number of rotatable bonds is 3. The summed E-state index contributed by atoms with van der Waals surface area (Å²) in [4.78, 5) is 0. The van der Waals surface area contributed by atoms with Crippen molar-refractivity contribution in [1.29, 1.82) is 5.26 Å². The van der Waals surface area contributed by atoms with E-state index in [1.54, 1.807) is 4.68 Å². The van der Waals surface area contributed by atoms with Gasteiger partial charge in [0.1, 0.15) is 6.07 Å². The fourth-order valence-corrected chi connectivity index (χ4v) is 2.08. The van der Waals surface area contributed by atoms with Crippen LogP contribution in [0.3, 0.4) is 0 Å². The van der Waals surface area contributed by atoms with Gasteiger partial charge in [-0.3, -0.25) is 0 Å². The van der Waals surface area contributed by atoms with Gasteiger partial charge < -0.3 is 0 Å². The first-order valence-electron chi connectivity index (χ1n) is 6.13. The zero-order valence-corrected chi connectivity index (χ0v) is 10.9. The normalized spacial score (nSPS) is 10.6. The van der Waals surface area contributed by atoms with E-state index in [4.69, 9.17) is 5.26 Å². The molecule has 0 fully saturated rings. The van der Waals surface area contributed by atoms with Crippen molar-refractivity contribution in [2.24, 2.45) is 0 Å². The average Bonchev–Trinajstić information content (AvgIpc) is 2.82. The molecular formula is C14H16N4. The lowest BCUT2D eigenvalue weighted by atomic mass is 10.1. The number of nitrogens with zero attached hydrogens (tertiary/aromatic N) is 4. The molecule has 18 heavy (non-hydrogen) atoms. The first-order chi connectivity index (χ1) is 8.69. The highest BCUT2D eigenvalue weighted by Gasteiger charge is 2.18. The molecule has 0 unspecified atom stereocenters. The average molecular weight is 240 g/mol. The summed E-state index contributed by atoms with van der Waals surface area (Å²) < 4.78 is 1.79. The van der Waals surface area contributed by atoms with Gasteiger partial charge >= 0.3 is 0 Å². The fraction of sp³-hybridized carbons (Fsp3) is 0.357. The number of aryl methyl sites for hydroxylation is 1. The molecule has 0 saturated heterocycles. The van der Waals surface area contributed by atoms with E-state index >= 15 is 0 Å². The van der Waals surface area contributed by atoms with E-state index in [-0.39, 0.29) is 5.92 Å². The second kappa shape index (κ2) is 5.01. The highest BCUT2D eigenvalue weighted by Crippen LogP contribution is 2.23. The van der Waals surface area contributed by atoms with Gasteiger partial charge in [0.05, 0.1) is 11.4 Å². The number of hydrogen-bond donors (Lipinski definition) is 0. The molecule has 0 aliphatic heterocycles. The Morgan fingerprint density at radius 3 is 2.67 bits per heavy atom. The first-order valence-corrected chi connectivity index (χ1v) is 6.13. The Bertz CT molecular complexity index is 590. The Morgan fingerprint density at radius 2 is 2.06 bits per heavy atom. The van der Waals surface area contributed by atoms with Crippen LogP contribution in [0.1, 0.15) is 43.6 Å². The van der Waals surface area contributed by atoms with E-state index in [1.807, 2.05) is 32.0 Å². The van der Waals surface area contributed by atoms with Gasteiger partial charge in [-0.2, -0.15) is 5.26 Å². The second-order valence-corrected chi connectivity index (χ2v) is 4.48. The van der Waals surface area contributed by atoms with Crippen molar-refractivity contribution in [3.05, 3.63) is 41.2 Å². The maximum Gasteiger partial charge on any atom is 0.186 e. The third-order valence-corrected chi connectivity index (χ3v) is 2.96. The van der Waals surface area contributed by atoms with Crippen LogP contribution in [0.5, 0.6) is 0 Å². The van der Waals surface area contributed by atoms with Crippen molar-refractivity contribution in [3.8, 4) is 11.8 Å². The standard InChI is InChI=1S/C14H16N4/c1-4-11-7-5-6-8-13(11)18-14(10(2)3)12(9-15)16-17-18/h5-8,10H,4H2,1-3H3.